The zero-order chi connectivity index (χ0) is 36.1. The molecule has 0 amide bonds. The van der Waals surface area contributed by atoms with Crippen molar-refractivity contribution in [2.45, 2.75) is 76.6 Å². The number of allylic oxidation sites excluding steroid dienone is 4. The van der Waals surface area contributed by atoms with Crippen LogP contribution in [0.3, 0.4) is 0 Å². The number of rotatable bonds is 16. The molecule has 4 aromatic rings. The molecule has 0 atom stereocenters. The maximum absolute atomic E-state index is 4.09. The number of benzene rings is 4. The van der Waals surface area contributed by atoms with E-state index in [2.05, 4.69) is 200 Å². The van der Waals surface area contributed by atoms with Gasteiger partial charge in [0.25, 0.3) is 0 Å². The third kappa shape index (κ3) is 8.13. The summed E-state index contributed by atoms with van der Waals surface area (Å²) in [6, 6.07) is 43.8. The first-order valence-corrected chi connectivity index (χ1v) is 32.8. The molecule has 0 spiro atoms. The fourth-order valence-electron chi connectivity index (χ4n) is 7.60. The summed E-state index contributed by atoms with van der Waals surface area (Å²) < 4.78 is 0. The van der Waals surface area contributed by atoms with Crippen LogP contribution in [-0.2, 0) is 0 Å². The van der Waals surface area contributed by atoms with Crippen LogP contribution in [0.4, 0.5) is 0 Å². The van der Waals surface area contributed by atoms with Crippen molar-refractivity contribution in [3.05, 3.63) is 148 Å². The SMILES string of the molecule is C=CC[Si](C)(C)c1ccc([Si](c2ccc([Si](C)(C)CC=C)cc2)(c2ccc([Si](C)(C)CC=C)cc2)c2ccc([Si](C)(C)CC=C)cc2)cc1. The Kier molecular flexibility index (Phi) is 12.2. The molecule has 0 unspecified atom stereocenters. The van der Waals surface area contributed by atoms with Crippen LogP contribution in [0, 0.1) is 0 Å². The standard InChI is InChI=1S/C44H60Si5/c1-13-33-45(5,6)37-17-25-41(26-18-37)49(42-27-19-38(20-28-42)46(7,8)34-14-2,43-29-21-39(22-30-43)47(9,10)35-15-3)44-31-23-40(24-32-44)48(11,12)36-16-4/h13-32H,1-4,33-36H2,5-12H3. The minimum absolute atomic E-state index is 1.08. The van der Waals surface area contributed by atoms with Gasteiger partial charge in [0.05, 0.1) is 32.3 Å². The predicted molar refractivity (Wildman–Crippen MR) is 239 cm³/mol. The molecule has 256 valence electrons. The van der Waals surface area contributed by atoms with Gasteiger partial charge in [-0.25, -0.2) is 0 Å². The summed E-state index contributed by atoms with van der Waals surface area (Å²) in [6.45, 7) is 36.0. The van der Waals surface area contributed by atoms with Gasteiger partial charge in [-0.05, 0) is 44.9 Å². The highest BCUT2D eigenvalue weighted by Gasteiger charge is 2.42. The Morgan fingerprint density at radius 1 is 0.306 bits per heavy atom. The molecule has 0 N–H and O–H groups in total. The lowest BCUT2D eigenvalue weighted by molar-refractivity contribution is 1.54. The van der Waals surface area contributed by atoms with Gasteiger partial charge in [0.15, 0.2) is 8.07 Å². The molecule has 4 aromatic carbocycles. The molecular formula is C44H60Si5. The maximum atomic E-state index is 4.09. The fourth-order valence-corrected chi connectivity index (χ4v) is 20.4. The predicted octanol–water partition coefficient (Wildman–Crippen LogP) is 7.47. The van der Waals surface area contributed by atoms with Gasteiger partial charge in [-0.15, -0.1) is 26.3 Å². The Bertz CT molecular complexity index is 1470. The molecule has 0 fully saturated rings. The van der Waals surface area contributed by atoms with E-state index in [1.165, 1.54) is 41.5 Å². The summed E-state index contributed by atoms with van der Waals surface area (Å²) in [7, 11) is -9.21. The summed E-state index contributed by atoms with van der Waals surface area (Å²) in [5.74, 6) is 0. The van der Waals surface area contributed by atoms with Crippen molar-refractivity contribution in [1.29, 1.82) is 0 Å². The lowest BCUT2D eigenvalue weighted by atomic mass is 10.3. The van der Waals surface area contributed by atoms with Crippen LogP contribution < -0.4 is 41.5 Å². The average molecular weight is 729 g/mol. The molecular weight excluding hydrogens is 669 g/mol. The molecule has 0 bridgehead atoms. The number of hydrogen-bond acceptors (Lipinski definition) is 0. The van der Waals surface area contributed by atoms with Crippen molar-refractivity contribution >= 4 is 81.9 Å². The van der Waals surface area contributed by atoms with Gasteiger partial charge >= 0.3 is 0 Å². The molecule has 0 aromatic heterocycles. The topological polar surface area (TPSA) is 0 Å². The zero-order valence-electron chi connectivity index (χ0n) is 31.7. The summed E-state index contributed by atoms with van der Waals surface area (Å²) in [5.41, 5.74) is 0. The van der Waals surface area contributed by atoms with Crippen LogP contribution in [0.5, 0.6) is 0 Å². The van der Waals surface area contributed by atoms with E-state index in [1.807, 2.05) is 0 Å². The second-order valence-corrected chi connectivity index (χ2v) is 39.4. The summed E-state index contributed by atoms with van der Waals surface area (Å²) in [4.78, 5) is 0. The molecule has 0 aliphatic rings. The third-order valence-electron chi connectivity index (χ3n) is 11.0. The van der Waals surface area contributed by atoms with Crippen LogP contribution in [-0.4, -0.2) is 40.4 Å². The molecule has 0 radical (unpaired) electrons. The Morgan fingerprint density at radius 3 is 0.592 bits per heavy atom. The van der Waals surface area contributed by atoms with Crippen LogP contribution >= 0.6 is 0 Å². The van der Waals surface area contributed by atoms with E-state index in [-0.39, 0.29) is 0 Å². The van der Waals surface area contributed by atoms with Crippen LogP contribution in [0.2, 0.25) is 76.6 Å². The van der Waals surface area contributed by atoms with Crippen molar-refractivity contribution in [2.24, 2.45) is 0 Å². The fraction of sp³-hybridized carbons (Fsp3) is 0.273. The summed E-state index contributed by atoms with van der Waals surface area (Å²) >= 11 is 0. The minimum Gasteiger partial charge on any atom is -0.103 e. The van der Waals surface area contributed by atoms with Crippen molar-refractivity contribution in [1.82, 2.24) is 0 Å². The monoisotopic (exact) mass is 728 g/mol. The molecule has 0 nitrogen and oxygen atoms in total. The van der Waals surface area contributed by atoms with Crippen molar-refractivity contribution < 1.29 is 0 Å². The first-order chi connectivity index (χ1) is 23.1. The third-order valence-corrected chi connectivity index (χ3v) is 28.6. The van der Waals surface area contributed by atoms with E-state index in [0.29, 0.717) is 0 Å². The lowest BCUT2D eigenvalue weighted by Crippen LogP contribution is -2.75. The second-order valence-electron chi connectivity index (χ2n) is 16.6. The van der Waals surface area contributed by atoms with Crippen molar-refractivity contribution in [3.8, 4) is 0 Å². The van der Waals surface area contributed by atoms with E-state index in [0.717, 1.165) is 24.2 Å². The Hall–Kier alpha value is -3.08. The first-order valence-electron chi connectivity index (χ1n) is 18.0. The van der Waals surface area contributed by atoms with E-state index < -0.39 is 40.4 Å². The van der Waals surface area contributed by atoms with Gasteiger partial charge in [0, 0.05) is 0 Å². The molecule has 49 heavy (non-hydrogen) atoms. The van der Waals surface area contributed by atoms with Crippen LogP contribution in [0.1, 0.15) is 0 Å². The second kappa shape index (κ2) is 15.4. The highest BCUT2D eigenvalue weighted by atomic mass is 28.3. The molecule has 0 saturated heterocycles. The molecule has 4 rings (SSSR count). The summed E-state index contributed by atoms with van der Waals surface area (Å²) in [5, 5.41) is 11.7. The molecule has 0 aliphatic carbocycles. The van der Waals surface area contributed by atoms with Crippen LogP contribution in [0.15, 0.2) is 148 Å². The Morgan fingerprint density at radius 2 is 0.449 bits per heavy atom. The largest absolute Gasteiger partial charge is 0.179 e. The van der Waals surface area contributed by atoms with E-state index in [1.54, 1.807) is 0 Å². The lowest BCUT2D eigenvalue weighted by Gasteiger charge is -2.36. The summed E-state index contributed by atoms with van der Waals surface area (Å²) in [6.07, 6.45) is 8.43. The Balaban J connectivity index is 2.07. The van der Waals surface area contributed by atoms with Gasteiger partial charge in [-0.2, -0.15) is 0 Å². The zero-order valence-corrected chi connectivity index (χ0v) is 36.7. The van der Waals surface area contributed by atoms with Gasteiger partial charge in [0.1, 0.15) is 0 Å². The molecule has 0 saturated carbocycles. The maximum Gasteiger partial charge on any atom is 0.179 e. The quantitative estimate of drug-likeness (QED) is 0.0639. The molecule has 0 aliphatic heterocycles. The van der Waals surface area contributed by atoms with E-state index in [9.17, 15) is 0 Å². The van der Waals surface area contributed by atoms with Crippen LogP contribution in [0.25, 0.3) is 0 Å². The highest BCUT2D eigenvalue weighted by Crippen LogP contribution is 2.17. The average Bonchev–Trinajstić information content (AvgIpc) is 3.06. The highest BCUT2D eigenvalue weighted by molar-refractivity contribution is 7.20. The smallest absolute Gasteiger partial charge is 0.103 e. The number of hydrogen-bond donors (Lipinski definition) is 0. The molecule has 0 heterocycles. The first kappa shape index (κ1) is 38.7. The van der Waals surface area contributed by atoms with Gasteiger partial charge in [0.2, 0.25) is 0 Å². The van der Waals surface area contributed by atoms with Gasteiger partial charge < -0.3 is 0 Å². The normalized spacial score (nSPS) is 12.7. The van der Waals surface area contributed by atoms with Crippen molar-refractivity contribution in [3.63, 3.8) is 0 Å². The van der Waals surface area contributed by atoms with Gasteiger partial charge in [-0.1, -0.05) is 194 Å². The van der Waals surface area contributed by atoms with E-state index in [4.69, 9.17) is 0 Å². The molecule has 5 heteroatoms. The minimum atomic E-state index is -2.72. The van der Waals surface area contributed by atoms with Gasteiger partial charge in [-0.3, -0.25) is 0 Å². The van der Waals surface area contributed by atoms with E-state index >= 15 is 0 Å². The van der Waals surface area contributed by atoms with Crippen molar-refractivity contribution in [2.75, 3.05) is 0 Å². The Labute approximate surface area is 304 Å².